The summed E-state index contributed by atoms with van der Waals surface area (Å²) >= 11 is 1.85. The van der Waals surface area contributed by atoms with Crippen LogP contribution in [0.3, 0.4) is 0 Å². The molecule has 11 aromatic rings. The quantitative estimate of drug-likeness (QED) is 0.181. The highest BCUT2D eigenvalue weighted by Gasteiger charge is 2.24. The first kappa shape index (κ1) is 30.6. The van der Waals surface area contributed by atoms with Gasteiger partial charge >= 0.3 is 0 Å². The van der Waals surface area contributed by atoms with Crippen LogP contribution in [0.2, 0.25) is 0 Å². The van der Waals surface area contributed by atoms with Gasteiger partial charge in [-0.25, -0.2) is 9.97 Å². The van der Waals surface area contributed by atoms with Crippen molar-refractivity contribution >= 4 is 81.1 Å². The molecule has 5 aromatic heterocycles. The van der Waals surface area contributed by atoms with Crippen molar-refractivity contribution < 1.29 is 0 Å². The monoisotopic (exact) mass is 720 g/mol. The Bertz CT molecular complexity index is 3380. The second-order valence-electron chi connectivity index (χ2n) is 14.5. The second kappa shape index (κ2) is 11.8. The van der Waals surface area contributed by atoms with Gasteiger partial charge in [-0.2, -0.15) is 0 Å². The Labute approximate surface area is 320 Å². The Morgan fingerprint density at radius 3 is 2.18 bits per heavy atom. The van der Waals surface area contributed by atoms with Crippen LogP contribution in [0.4, 0.5) is 0 Å². The molecule has 5 heteroatoms. The first-order chi connectivity index (χ1) is 27.3. The van der Waals surface area contributed by atoms with E-state index in [1.807, 2.05) is 17.4 Å². The maximum Gasteiger partial charge on any atom is 0.145 e. The van der Waals surface area contributed by atoms with Crippen molar-refractivity contribution in [3.63, 3.8) is 0 Å². The molecule has 0 bridgehead atoms. The van der Waals surface area contributed by atoms with E-state index < -0.39 is 0 Å². The van der Waals surface area contributed by atoms with Gasteiger partial charge in [0, 0.05) is 64.1 Å². The molecule has 0 unspecified atom stereocenters. The van der Waals surface area contributed by atoms with Gasteiger partial charge in [-0.1, -0.05) is 121 Å². The van der Waals surface area contributed by atoms with Crippen LogP contribution >= 0.6 is 11.3 Å². The molecule has 258 valence electrons. The summed E-state index contributed by atoms with van der Waals surface area (Å²) in [4.78, 5) is 10.9. The van der Waals surface area contributed by atoms with Crippen LogP contribution in [0.5, 0.6) is 0 Å². The number of benzene rings is 6. The molecule has 0 atom stereocenters. The van der Waals surface area contributed by atoms with E-state index >= 15 is 0 Å². The Balaban J connectivity index is 1.14. The second-order valence-corrected chi connectivity index (χ2v) is 15.6. The molecule has 0 saturated carbocycles. The number of pyridine rings is 2. The fraction of sp³-hybridized carbons (Fsp3) is 0.0400. The highest BCUT2D eigenvalue weighted by molar-refractivity contribution is 7.25. The molecule has 0 spiro atoms. The van der Waals surface area contributed by atoms with Gasteiger partial charge < -0.3 is 0 Å². The third-order valence-corrected chi connectivity index (χ3v) is 12.5. The largest absolute Gasteiger partial charge is 0.297 e. The number of fused-ring (bicyclic) bond motifs is 10. The Kier molecular flexibility index (Phi) is 6.59. The SMILES string of the molecule is C1=Cc2c(n(-c3nc(-c4ccc5c(c4)sc4ccccc45)cc4ccccc34)c3cc4c(cc23)c2ccccc2n4-c2cccc(-c3ccccc3)n2)CC1. The maximum atomic E-state index is 5.61. The summed E-state index contributed by atoms with van der Waals surface area (Å²) in [6.45, 7) is 0. The predicted molar refractivity (Wildman–Crippen MR) is 232 cm³/mol. The third-order valence-electron chi connectivity index (χ3n) is 11.4. The molecular formula is C50H32N4S. The molecule has 0 amide bonds. The van der Waals surface area contributed by atoms with Crippen LogP contribution in [-0.4, -0.2) is 19.1 Å². The summed E-state index contributed by atoms with van der Waals surface area (Å²) in [5, 5.41) is 8.61. The summed E-state index contributed by atoms with van der Waals surface area (Å²) in [6, 6.07) is 56.8. The van der Waals surface area contributed by atoms with Crippen LogP contribution in [0, 0.1) is 0 Å². The molecule has 0 fully saturated rings. The van der Waals surface area contributed by atoms with E-state index in [1.165, 1.54) is 53.0 Å². The van der Waals surface area contributed by atoms with Crippen LogP contribution in [0.15, 0.2) is 164 Å². The van der Waals surface area contributed by atoms with E-state index in [4.69, 9.17) is 9.97 Å². The van der Waals surface area contributed by atoms with Crippen molar-refractivity contribution in [2.45, 2.75) is 12.8 Å². The normalized spacial score (nSPS) is 12.9. The molecule has 55 heavy (non-hydrogen) atoms. The van der Waals surface area contributed by atoms with Gasteiger partial charge in [-0.05, 0) is 66.8 Å². The zero-order chi connectivity index (χ0) is 36.0. The van der Waals surface area contributed by atoms with Gasteiger partial charge in [-0.3, -0.25) is 9.13 Å². The number of rotatable bonds is 4. The Morgan fingerprint density at radius 1 is 0.473 bits per heavy atom. The summed E-state index contributed by atoms with van der Waals surface area (Å²) in [6.07, 6.45) is 6.59. The van der Waals surface area contributed by atoms with Crippen molar-refractivity contribution in [2.24, 2.45) is 0 Å². The average Bonchev–Trinajstić information content (AvgIpc) is 3.90. The van der Waals surface area contributed by atoms with Crippen LogP contribution in [-0.2, 0) is 6.42 Å². The molecule has 0 aliphatic heterocycles. The maximum absolute atomic E-state index is 5.61. The fourth-order valence-corrected chi connectivity index (χ4v) is 10.0. The van der Waals surface area contributed by atoms with Crippen LogP contribution < -0.4 is 0 Å². The summed E-state index contributed by atoms with van der Waals surface area (Å²) in [7, 11) is 0. The molecule has 1 aliphatic rings. The van der Waals surface area contributed by atoms with Gasteiger partial charge in [0.15, 0.2) is 0 Å². The lowest BCUT2D eigenvalue weighted by molar-refractivity contribution is 0.877. The van der Waals surface area contributed by atoms with Crippen LogP contribution in [0.25, 0.3) is 104 Å². The molecule has 0 saturated heterocycles. The smallest absolute Gasteiger partial charge is 0.145 e. The van der Waals surface area contributed by atoms with Crippen molar-refractivity contribution in [2.75, 3.05) is 0 Å². The number of allylic oxidation sites excluding steroid dienone is 1. The van der Waals surface area contributed by atoms with E-state index in [2.05, 4.69) is 173 Å². The summed E-state index contributed by atoms with van der Waals surface area (Å²) in [5.41, 5.74) is 10.2. The zero-order valence-electron chi connectivity index (χ0n) is 29.8. The highest BCUT2D eigenvalue weighted by Crippen LogP contribution is 2.42. The van der Waals surface area contributed by atoms with Gasteiger partial charge in [0.05, 0.1) is 27.9 Å². The van der Waals surface area contributed by atoms with Crippen molar-refractivity contribution in [1.29, 1.82) is 0 Å². The van der Waals surface area contributed by atoms with E-state index in [1.54, 1.807) is 0 Å². The minimum atomic E-state index is 0.900. The minimum Gasteiger partial charge on any atom is -0.297 e. The zero-order valence-corrected chi connectivity index (χ0v) is 30.6. The molecule has 0 radical (unpaired) electrons. The van der Waals surface area contributed by atoms with E-state index in [0.29, 0.717) is 0 Å². The Morgan fingerprint density at radius 2 is 1.25 bits per heavy atom. The van der Waals surface area contributed by atoms with Gasteiger partial charge in [0.25, 0.3) is 0 Å². The van der Waals surface area contributed by atoms with Gasteiger partial charge in [0.1, 0.15) is 11.6 Å². The molecule has 0 N–H and O–H groups in total. The molecular weight excluding hydrogens is 689 g/mol. The number of aromatic nitrogens is 4. The standard InChI is InChI=1S/C50H32N4S/c1-2-13-31(14-3-1)41-20-12-24-49(51-41)53-43-21-9-6-17-35(43)39-29-40-36-18-7-10-22-44(36)54(46(40)30-45(39)53)50-34-16-5-4-15-32(34)27-42(52-50)33-25-26-38-37-19-8-11-23-47(37)55-48(38)28-33/h1-9,11-21,23-30H,10,22H2. The number of para-hydroxylation sites is 1. The fourth-order valence-electron chi connectivity index (χ4n) is 8.87. The van der Waals surface area contributed by atoms with Gasteiger partial charge in [-0.15, -0.1) is 11.3 Å². The van der Waals surface area contributed by atoms with E-state index in [0.717, 1.165) is 68.9 Å². The molecule has 12 rings (SSSR count). The highest BCUT2D eigenvalue weighted by atomic mass is 32.1. The lowest BCUT2D eigenvalue weighted by Gasteiger charge is -2.16. The number of hydrogen-bond acceptors (Lipinski definition) is 3. The third kappa shape index (κ3) is 4.63. The van der Waals surface area contributed by atoms with Crippen molar-refractivity contribution in [1.82, 2.24) is 19.1 Å². The average molecular weight is 721 g/mol. The van der Waals surface area contributed by atoms with Gasteiger partial charge in [0.2, 0.25) is 0 Å². The molecule has 6 aromatic carbocycles. The lowest BCUT2D eigenvalue weighted by atomic mass is 10.0. The first-order valence-electron chi connectivity index (χ1n) is 18.9. The topological polar surface area (TPSA) is 35.6 Å². The van der Waals surface area contributed by atoms with Crippen LogP contribution in [0.1, 0.15) is 17.7 Å². The molecule has 1 aliphatic carbocycles. The van der Waals surface area contributed by atoms with E-state index in [9.17, 15) is 0 Å². The number of hydrogen-bond donors (Lipinski definition) is 0. The summed E-state index contributed by atoms with van der Waals surface area (Å²) < 4.78 is 7.40. The predicted octanol–water partition coefficient (Wildman–Crippen LogP) is 13.3. The summed E-state index contributed by atoms with van der Waals surface area (Å²) in [5.74, 6) is 1.87. The number of nitrogens with zero attached hydrogens (tertiary/aromatic N) is 4. The molecule has 4 nitrogen and oxygen atoms in total. The molecule has 5 heterocycles. The Hall–Kier alpha value is -6.82. The lowest BCUT2D eigenvalue weighted by Crippen LogP contribution is -2.06. The van der Waals surface area contributed by atoms with Crippen molar-refractivity contribution in [3.8, 4) is 34.2 Å². The van der Waals surface area contributed by atoms with Crippen molar-refractivity contribution in [3.05, 3.63) is 175 Å². The number of thiophene rings is 1. The minimum absolute atomic E-state index is 0.900. The van der Waals surface area contributed by atoms with E-state index in [-0.39, 0.29) is 0 Å². The first-order valence-corrected chi connectivity index (χ1v) is 19.7.